The van der Waals surface area contributed by atoms with Crippen molar-refractivity contribution in [1.29, 1.82) is 0 Å². The number of rotatable bonds is 3. The summed E-state index contributed by atoms with van der Waals surface area (Å²) in [4.78, 5) is 1.84. The molecule has 90 valence electrons. The molecule has 1 aromatic rings. The number of halogens is 2. The van der Waals surface area contributed by atoms with Crippen molar-refractivity contribution < 1.29 is 8.78 Å². The average Bonchev–Trinajstić information content (AvgIpc) is 2.72. The zero-order valence-corrected chi connectivity index (χ0v) is 9.42. The van der Waals surface area contributed by atoms with Gasteiger partial charge in [-0.05, 0) is 24.9 Å². The van der Waals surface area contributed by atoms with Gasteiger partial charge in [0.25, 0.3) is 5.92 Å². The Labute approximate surface area is 93.8 Å². The molecule has 0 radical (unpaired) electrons. The quantitative estimate of drug-likeness (QED) is 0.858. The first-order valence-corrected chi connectivity index (χ1v) is 5.66. The molecule has 0 aromatic carbocycles. The molecule has 0 spiro atoms. The summed E-state index contributed by atoms with van der Waals surface area (Å²) in [6.45, 7) is 2.98. The Balaban J connectivity index is 1.83. The minimum atomic E-state index is -2.53. The van der Waals surface area contributed by atoms with Gasteiger partial charge in [0.1, 0.15) is 0 Å². The van der Waals surface area contributed by atoms with Crippen LogP contribution in [0.4, 0.5) is 8.78 Å². The number of hydrogen-bond donors (Lipinski definition) is 1. The van der Waals surface area contributed by atoms with E-state index in [9.17, 15) is 8.78 Å². The molecule has 2 heterocycles. The van der Waals surface area contributed by atoms with Crippen molar-refractivity contribution in [3.8, 4) is 0 Å². The maximum absolute atomic E-state index is 13.5. The van der Waals surface area contributed by atoms with Crippen molar-refractivity contribution in [2.75, 3.05) is 19.6 Å². The predicted molar refractivity (Wildman–Crippen MR) is 57.5 cm³/mol. The molecule has 1 saturated heterocycles. The van der Waals surface area contributed by atoms with Crippen molar-refractivity contribution in [3.05, 3.63) is 18.0 Å². The molecule has 16 heavy (non-hydrogen) atoms. The fraction of sp³-hybridized carbons (Fsp3) is 0.727. The highest BCUT2D eigenvalue weighted by Crippen LogP contribution is 2.32. The summed E-state index contributed by atoms with van der Waals surface area (Å²) in [6, 6.07) is 0. The summed E-state index contributed by atoms with van der Waals surface area (Å²) in [7, 11) is 0. The van der Waals surface area contributed by atoms with Gasteiger partial charge < -0.3 is 0 Å². The largest absolute Gasteiger partial charge is 0.297 e. The number of aromatic amines is 1. The van der Waals surface area contributed by atoms with E-state index in [1.54, 1.807) is 13.1 Å². The number of nitrogens with zero attached hydrogens (tertiary/aromatic N) is 2. The summed E-state index contributed by atoms with van der Waals surface area (Å²) in [6.07, 6.45) is 4.91. The Bertz CT molecular complexity index is 324. The Hall–Kier alpha value is -0.970. The van der Waals surface area contributed by atoms with Gasteiger partial charge in [0.05, 0.1) is 12.7 Å². The van der Waals surface area contributed by atoms with E-state index in [1.165, 1.54) is 0 Å². The van der Waals surface area contributed by atoms with Gasteiger partial charge in [0, 0.05) is 18.7 Å². The van der Waals surface area contributed by atoms with Crippen molar-refractivity contribution >= 4 is 0 Å². The molecule has 1 aliphatic heterocycles. The Morgan fingerprint density at radius 1 is 1.62 bits per heavy atom. The predicted octanol–water partition coefficient (Wildman–Crippen LogP) is 1.93. The van der Waals surface area contributed by atoms with E-state index in [0.717, 1.165) is 18.5 Å². The van der Waals surface area contributed by atoms with Crippen LogP contribution >= 0.6 is 0 Å². The molecule has 1 aliphatic rings. The van der Waals surface area contributed by atoms with Crippen molar-refractivity contribution in [2.24, 2.45) is 5.92 Å². The minimum Gasteiger partial charge on any atom is -0.297 e. The normalized spacial score (nSPS) is 25.8. The number of aromatic nitrogens is 2. The lowest BCUT2D eigenvalue weighted by Gasteiger charge is -2.36. The monoisotopic (exact) mass is 229 g/mol. The van der Waals surface area contributed by atoms with Gasteiger partial charge in [-0.3, -0.25) is 10.00 Å². The van der Waals surface area contributed by atoms with Crippen LogP contribution in [0.1, 0.15) is 18.9 Å². The van der Waals surface area contributed by atoms with Gasteiger partial charge in [-0.25, -0.2) is 8.78 Å². The lowest BCUT2D eigenvalue weighted by molar-refractivity contribution is -0.104. The molecule has 1 fully saturated rings. The minimum absolute atomic E-state index is 0.105. The Morgan fingerprint density at radius 3 is 3.06 bits per heavy atom. The van der Waals surface area contributed by atoms with Crippen molar-refractivity contribution in [1.82, 2.24) is 15.1 Å². The highest BCUT2D eigenvalue weighted by molar-refractivity contribution is 5.03. The first kappa shape index (κ1) is 11.5. The highest BCUT2D eigenvalue weighted by atomic mass is 19.3. The number of likely N-dealkylation sites (tertiary alicyclic amines) is 1. The molecule has 1 N–H and O–H groups in total. The number of hydrogen-bond acceptors (Lipinski definition) is 2. The van der Waals surface area contributed by atoms with Gasteiger partial charge in [0.15, 0.2) is 0 Å². The maximum Gasteiger partial charge on any atom is 0.263 e. The first-order valence-electron chi connectivity index (χ1n) is 5.66. The summed E-state index contributed by atoms with van der Waals surface area (Å²) in [5.74, 6) is -3.02. The molecule has 5 heteroatoms. The smallest absolute Gasteiger partial charge is 0.263 e. The van der Waals surface area contributed by atoms with Gasteiger partial charge in [-0.1, -0.05) is 6.92 Å². The van der Waals surface area contributed by atoms with E-state index in [0.29, 0.717) is 13.0 Å². The number of nitrogens with one attached hydrogen (secondary N) is 1. The third-order valence-corrected chi connectivity index (χ3v) is 3.31. The van der Waals surface area contributed by atoms with Crippen LogP contribution in [-0.2, 0) is 6.42 Å². The summed E-state index contributed by atoms with van der Waals surface area (Å²) in [5.41, 5.74) is 1.07. The lowest BCUT2D eigenvalue weighted by Crippen LogP contribution is -2.48. The fourth-order valence-electron chi connectivity index (χ4n) is 2.01. The molecule has 2 rings (SSSR count). The molecule has 0 bridgehead atoms. The second-order valence-corrected chi connectivity index (χ2v) is 4.58. The number of alkyl halides is 2. The SMILES string of the molecule is CC1CCN(CCc2cn[nH]c2)CC1(F)F. The molecule has 0 amide bonds. The fourth-order valence-corrected chi connectivity index (χ4v) is 2.01. The second-order valence-electron chi connectivity index (χ2n) is 4.58. The van der Waals surface area contributed by atoms with Crippen LogP contribution in [0.15, 0.2) is 12.4 Å². The third kappa shape index (κ3) is 2.58. The summed E-state index contributed by atoms with van der Waals surface area (Å²) in [5, 5.41) is 6.56. The standard InChI is InChI=1S/C11H17F2N3/c1-9-2-4-16(8-11(9,12)13)5-3-10-6-14-15-7-10/h6-7,9H,2-5,8H2,1H3,(H,14,15). The number of H-pyrrole nitrogens is 1. The van der Waals surface area contributed by atoms with E-state index in [1.807, 2.05) is 11.1 Å². The Morgan fingerprint density at radius 2 is 2.44 bits per heavy atom. The van der Waals surface area contributed by atoms with E-state index in [4.69, 9.17) is 0 Å². The van der Waals surface area contributed by atoms with E-state index in [-0.39, 0.29) is 6.54 Å². The molecule has 1 aromatic heterocycles. The average molecular weight is 229 g/mol. The number of piperidine rings is 1. The van der Waals surface area contributed by atoms with Crippen LogP contribution in [0, 0.1) is 5.92 Å². The van der Waals surface area contributed by atoms with Crippen LogP contribution in [0.3, 0.4) is 0 Å². The van der Waals surface area contributed by atoms with Crippen LogP contribution in [0.5, 0.6) is 0 Å². The first-order chi connectivity index (χ1) is 7.58. The zero-order valence-electron chi connectivity index (χ0n) is 9.42. The summed E-state index contributed by atoms with van der Waals surface area (Å²) < 4.78 is 26.9. The van der Waals surface area contributed by atoms with E-state index in [2.05, 4.69) is 10.2 Å². The lowest BCUT2D eigenvalue weighted by atomic mass is 9.95. The zero-order chi connectivity index (χ0) is 11.6. The molecule has 0 saturated carbocycles. The maximum atomic E-state index is 13.5. The molecule has 3 nitrogen and oxygen atoms in total. The van der Waals surface area contributed by atoms with E-state index >= 15 is 0 Å². The van der Waals surface area contributed by atoms with Crippen LogP contribution in [0.25, 0.3) is 0 Å². The van der Waals surface area contributed by atoms with Crippen LogP contribution in [-0.4, -0.2) is 40.7 Å². The highest BCUT2D eigenvalue weighted by Gasteiger charge is 2.41. The van der Waals surface area contributed by atoms with Gasteiger partial charge in [-0.15, -0.1) is 0 Å². The molecule has 1 atom stereocenters. The molecule has 1 unspecified atom stereocenters. The molecular weight excluding hydrogens is 212 g/mol. The summed E-state index contributed by atoms with van der Waals surface area (Å²) >= 11 is 0. The van der Waals surface area contributed by atoms with Gasteiger partial charge >= 0.3 is 0 Å². The molecule has 0 aliphatic carbocycles. The Kier molecular flexibility index (Phi) is 3.23. The van der Waals surface area contributed by atoms with Crippen LogP contribution < -0.4 is 0 Å². The van der Waals surface area contributed by atoms with Crippen LogP contribution in [0.2, 0.25) is 0 Å². The third-order valence-electron chi connectivity index (χ3n) is 3.31. The van der Waals surface area contributed by atoms with Crippen molar-refractivity contribution in [2.45, 2.75) is 25.7 Å². The van der Waals surface area contributed by atoms with Gasteiger partial charge in [0.2, 0.25) is 0 Å². The topological polar surface area (TPSA) is 31.9 Å². The van der Waals surface area contributed by atoms with Gasteiger partial charge in [-0.2, -0.15) is 5.10 Å². The second kappa shape index (κ2) is 4.49. The van der Waals surface area contributed by atoms with Crippen molar-refractivity contribution in [3.63, 3.8) is 0 Å². The van der Waals surface area contributed by atoms with E-state index < -0.39 is 11.8 Å². The molecular formula is C11H17F2N3.